The van der Waals surface area contributed by atoms with Crippen LogP contribution in [-0.2, 0) is 19.5 Å². The van der Waals surface area contributed by atoms with Crippen LogP contribution in [0.15, 0.2) is 6.20 Å². The van der Waals surface area contributed by atoms with Gasteiger partial charge in [-0.25, -0.2) is 9.97 Å². The smallest absolute Gasteiger partial charge is 0.291 e. The molecule has 150 valence electrons. The lowest BCUT2D eigenvalue weighted by molar-refractivity contribution is 0.0815. The summed E-state index contributed by atoms with van der Waals surface area (Å²) in [4.78, 5) is 25.1. The van der Waals surface area contributed by atoms with Gasteiger partial charge in [0.1, 0.15) is 5.82 Å². The molecule has 2 aromatic heterocycles. The predicted octanol–water partition coefficient (Wildman–Crippen LogP) is 1.31. The minimum absolute atomic E-state index is 0.159. The molecule has 0 radical (unpaired) electrons. The Morgan fingerprint density at radius 1 is 1.29 bits per heavy atom. The Labute approximate surface area is 165 Å². The average Bonchev–Trinajstić information content (AvgIpc) is 3.38. The van der Waals surface area contributed by atoms with Crippen LogP contribution in [0.2, 0.25) is 0 Å². The Kier molecular flexibility index (Phi) is 5.05. The topological polar surface area (TPSA) is 79.2 Å². The van der Waals surface area contributed by atoms with Crippen molar-refractivity contribution in [2.45, 2.75) is 52.2 Å². The summed E-state index contributed by atoms with van der Waals surface area (Å²) in [6.07, 6.45) is 5.40. The number of anilines is 1. The van der Waals surface area contributed by atoms with Crippen molar-refractivity contribution in [1.29, 1.82) is 0 Å². The number of hydrogen-bond donors (Lipinski definition) is 1. The third kappa shape index (κ3) is 3.48. The summed E-state index contributed by atoms with van der Waals surface area (Å²) in [6.45, 7) is 7.70. The monoisotopic (exact) mass is 383 g/mol. The Bertz CT molecular complexity index is 889. The Balaban J connectivity index is 1.44. The first-order valence-corrected chi connectivity index (χ1v) is 10.0. The quantitative estimate of drug-likeness (QED) is 0.839. The Hall–Kier alpha value is -2.48. The highest BCUT2D eigenvalue weighted by atomic mass is 16.2. The molecule has 4 rings (SSSR count). The van der Waals surface area contributed by atoms with Crippen molar-refractivity contribution in [3.8, 4) is 0 Å². The number of nitrogens with one attached hydrogen (secondary N) is 1. The van der Waals surface area contributed by atoms with E-state index in [4.69, 9.17) is 0 Å². The van der Waals surface area contributed by atoms with Gasteiger partial charge in [-0.15, -0.1) is 0 Å². The molecule has 1 amide bonds. The molecular weight excluding hydrogens is 354 g/mol. The van der Waals surface area contributed by atoms with E-state index in [1.807, 2.05) is 20.0 Å². The molecule has 8 heteroatoms. The summed E-state index contributed by atoms with van der Waals surface area (Å²) in [5.74, 6) is 0.997. The van der Waals surface area contributed by atoms with Gasteiger partial charge in [-0.2, -0.15) is 5.10 Å². The fourth-order valence-electron chi connectivity index (χ4n) is 4.07. The maximum Gasteiger partial charge on any atom is 0.291 e. The molecule has 1 N–H and O–H groups in total. The summed E-state index contributed by atoms with van der Waals surface area (Å²) in [7, 11) is 3.45. The zero-order chi connectivity index (χ0) is 19.8. The average molecular weight is 384 g/mol. The number of amides is 1. The van der Waals surface area contributed by atoms with E-state index in [-0.39, 0.29) is 11.7 Å². The van der Waals surface area contributed by atoms with Crippen molar-refractivity contribution in [2.75, 3.05) is 32.1 Å². The van der Waals surface area contributed by atoms with Gasteiger partial charge in [-0.3, -0.25) is 9.48 Å². The molecule has 0 spiro atoms. The first kappa shape index (κ1) is 18.9. The molecule has 8 nitrogen and oxygen atoms in total. The molecule has 1 fully saturated rings. The minimum Gasteiger partial charge on any atom is -0.355 e. The summed E-state index contributed by atoms with van der Waals surface area (Å²) in [5.41, 5.74) is 4.62. The molecule has 0 bridgehead atoms. The lowest BCUT2D eigenvalue weighted by atomic mass is 10.2. The third-order valence-electron chi connectivity index (χ3n) is 5.85. The van der Waals surface area contributed by atoms with Gasteiger partial charge in [-0.05, 0) is 33.1 Å². The zero-order valence-corrected chi connectivity index (χ0v) is 17.2. The number of carbonyl (C=O) groups is 1. The number of aromatic nitrogens is 4. The molecule has 4 heterocycles. The van der Waals surface area contributed by atoms with Crippen molar-refractivity contribution in [3.63, 3.8) is 0 Å². The van der Waals surface area contributed by atoms with Crippen molar-refractivity contribution < 1.29 is 4.79 Å². The van der Waals surface area contributed by atoms with Gasteiger partial charge in [0.05, 0.1) is 6.20 Å². The predicted molar refractivity (Wildman–Crippen MR) is 108 cm³/mol. The number of carbonyl (C=O) groups excluding carboxylic acids is 1. The minimum atomic E-state index is -0.159. The largest absolute Gasteiger partial charge is 0.355 e. The van der Waals surface area contributed by atoms with Gasteiger partial charge < -0.3 is 15.1 Å². The highest BCUT2D eigenvalue weighted by Gasteiger charge is 2.27. The van der Waals surface area contributed by atoms with E-state index in [2.05, 4.69) is 30.0 Å². The molecule has 0 aromatic carbocycles. The molecular formula is C20H29N7O. The summed E-state index contributed by atoms with van der Waals surface area (Å²) < 4.78 is 2.13. The molecule has 2 aliphatic heterocycles. The SMILES string of the molecule is Cc1nc(C(=O)N(C)C)nc(N2CC[C@@H](NCc3cnn4c3CCC4)C2)c1C. The third-order valence-corrected chi connectivity index (χ3v) is 5.85. The number of rotatable bonds is 5. The summed E-state index contributed by atoms with van der Waals surface area (Å²) in [6, 6.07) is 0.402. The zero-order valence-electron chi connectivity index (χ0n) is 17.2. The van der Waals surface area contributed by atoms with Crippen molar-refractivity contribution in [1.82, 2.24) is 30.0 Å². The first-order chi connectivity index (χ1) is 13.4. The van der Waals surface area contributed by atoms with Crippen molar-refractivity contribution >= 4 is 11.7 Å². The molecule has 28 heavy (non-hydrogen) atoms. The van der Waals surface area contributed by atoms with E-state index in [0.717, 1.165) is 56.1 Å². The number of fused-ring (bicyclic) bond motifs is 1. The molecule has 0 unspecified atom stereocenters. The van der Waals surface area contributed by atoms with Crippen LogP contribution in [0.3, 0.4) is 0 Å². The van der Waals surface area contributed by atoms with Gasteiger partial charge in [0.25, 0.3) is 5.91 Å². The number of hydrogen-bond acceptors (Lipinski definition) is 6. The second-order valence-corrected chi connectivity index (χ2v) is 8.04. The lowest BCUT2D eigenvalue weighted by Gasteiger charge is -2.22. The van der Waals surface area contributed by atoms with Crippen LogP contribution in [0.25, 0.3) is 0 Å². The normalized spacial score (nSPS) is 18.6. The molecule has 1 atom stereocenters. The van der Waals surface area contributed by atoms with Crippen LogP contribution < -0.4 is 10.2 Å². The van der Waals surface area contributed by atoms with Gasteiger partial charge >= 0.3 is 0 Å². The van der Waals surface area contributed by atoms with E-state index < -0.39 is 0 Å². The maximum atomic E-state index is 12.3. The number of aryl methyl sites for hydroxylation is 2. The van der Waals surface area contributed by atoms with E-state index in [0.29, 0.717) is 6.04 Å². The molecule has 0 aliphatic carbocycles. The fourth-order valence-corrected chi connectivity index (χ4v) is 4.07. The van der Waals surface area contributed by atoms with Crippen LogP contribution in [-0.4, -0.2) is 63.8 Å². The maximum absolute atomic E-state index is 12.3. The lowest BCUT2D eigenvalue weighted by Crippen LogP contribution is -2.33. The van der Waals surface area contributed by atoms with Gasteiger partial charge in [0.2, 0.25) is 5.82 Å². The highest BCUT2D eigenvalue weighted by Crippen LogP contribution is 2.25. The van der Waals surface area contributed by atoms with Crippen LogP contribution in [0, 0.1) is 13.8 Å². The van der Waals surface area contributed by atoms with E-state index in [1.165, 1.54) is 22.6 Å². The molecule has 1 saturated heterocycles. The molecule has 2 aliphatic rings. The van der Waals surface area contributed by atoms with Gasteiger partial charge in [0.15, 0.2) is 0 Å². The van der Waals surface area contributed by atoms with Gasteiger partial charge in [0, 0.05) is 68.8 Å². The highest BCUT2D eigenvalue weighted by molar-refractivity contribution is 5.90. The summed E-state index contributed by atoms with van der Waals surface area (Å²) >= 11 is 0. The first-order valence-electron chi connectivity index (χ1n) is 10.0. The van der Waals surface area contributed by atoms with E-state index in [1.54, 1.807) is 14.1 Å². The number of nitrogens with zero attached hydrogens (tertiary/aromatic N) is 6. The van der Waals surface area contributed by atoms with Crippen LogP contribution in [0.4, 0.5) is 5.82 Å². The van der Waals surface area contributed by atoms with E-state index in [9.17, 15) is 4.79 Å². The van der Waals surface area contributed by atoms with E-state index >= 15 is 0 Å². The van der Waals surface area contributed by atoms with Gasteiger partial charge in [-0.1, -0.05) is 0 Å². The van der Waals surface area contributed by atoms with Crippen LogP contribution >= 0.6 is 0 Å². The molecule has 0 saturated carbocycles. The second kappa shape index (κ2) is 7.50. The fraction of sp³-hybridized carbons (Fsp3) is 0.600. The van der Waals surface area contributed by atoms with Crippen molar-refractivity contribution in [2.24, 2.45) is 0 Å². The van der Waals surface area contributed by atoms with Crippen LogP contribution in [0.1, 0.15) is 46.0 Å². The summed E-state index contributed by atoms with van der Waals surface area (Å²) in [5, 5.41) is 8.17. The van der Waals surface area contributed by atoms with Crippen molar-refractivity contribution in [3.05, 3.63) is 34.5 Å². The van der Waals surface area contributed by atoms with Crippen LogP contribution in [0.5, 0.6) is 0 Å². The Morgan fingerprint density at radius 3 is 2.89 bits per heavy atom. The second-order valence-electron chi connectivity index (χ2n) is 8.04. The molecule has 2 aromatic rings. The Morgan fingerprint density at radius 2 is 2.11 bits per heavy atom. The standard InChI is InChI=1S/C20H29N7O/c1-13-14(2)23-18(20(28)25(3)4)24-19(13)26-9-7-16(12-26)21-10-15-11-22-27-8-5-6-17(15)27/h11,16,21H,5-10,12H2,1-4H3/t16-/m1/s1.